The maximum absolute atomic E-state index is 12.8. The Bertz CT molecular complexity index is 876. The van der Waals surface area contributed by atoms with Crippen LogP contribution in [0.25, 0.3) is 6.08 Å². The third-order valence-corrected chi connectivity index (χ3v) is 6.04. The van der Waals surface area contributed by atoms with Crippen LogP contribution in [0.5, 0.6) is 17.2 Å². The summed E-state index contributed by atoms with van der Waals surface area (Å²) in [6, 6.07) is 3.39. The van der Waals surface area contributed by atoms with Gasteiger partial charge in [0.05, 0.1) is 12.0 Å². The van der Waals surface area contributed by atoms with Gasteiger partial charge in [-0.25, -0.2) is 0 Å². The van der Waals surface area contributed by atoms with Crippen molar-refractivity contribution < 1.29 is 28.6 Å². The summed E-state index contributed by atoms with van der Waals surface area (Å²) in [5.74, 6) is 0.962. The second kappa shape index (κ2) is 8.36. The number of hydrogen-bond acceptors (Lipinski definition) is 7. The highest BCUT2D eigenvalue weighted by Crippen LogP contribution is 2.40. The van der Waals surface area contributed by atoms with Gasteiger partial charge in [0, 0.05) is 24.7 Å². The SMILES string of the molecule is COc1cc2c(cc1C=C1SC(=O)N(CC(=O)N3CCCCCC3)C1=O)OCO2. The molecule has 3 aliphatic rings. The first-order valence-electron chi connectivity index (χ1n) is 9.57. The van der Waals surface area contributed by atoms with Crippen LogP contribution < -0.4 is 14.2 Å². The van der Waals surface area contributed by atoms with E-state index in [9.17, 15) is 14.4 Å². The van der Waals surface area contributed by atoms with E-state index in [4.69, 9.17) is 14.2 Å². The molecule has 0 radical (unpaired) electrons. The second-order valence-electron chi connectivity index (χ2n) is 7.01. The van der Waals surface area contributed by atoms with Crippen molar-refractivity contribution in [2.24, 2.45) is 0 Å². The Kier molecular flexibility index (Phi) is 5.66. The summed E-state index contributed by atoms with van der Waals surface area (Å²) in [7, 11) is 1.51. The summed E-state index contributed by atoms with van der Waals surface area (Å²) in [5, 5.41) is -0.441. The average molecular weight is 418 g/mol. The fraction of sp³-hybridized carbons (Fsp3) is 0.450. The maximum atomic E-state index is 12.8. The largest absolute Gasteiger partial charge is 0.496 e. The number of carbonyl (C=O) groups excluding carboxylic acids is 3. The molecule has 1 aromatic rings. The van der Waals surface area contributed by atoms with Gasteiger partial charge in [0.15, 0.2) is 11.5 Å². The molecule has 2 fully saturated rings. The Hall–Kier alpha value is -2.68. The Balaban J connectivity index is 1.51. The van der Waals surface area contributed by atoms with Crippen molar-refractivity contribution in [1.82, 2.24) is 9.80 Å². The molecule has 1 aromatic carbocycles. The molecule has 0 saturated carbocycles. The molecule has 3 amide bonds. The van der Waals surface area contributed by atoms with E-state index in [1.807, 2.05) is 0 Å². The third-order valence-electron chi connectivity index (χ3n) is 5.14. The zero-order chi connectivity index (χ0) is 20.4. The summed E-state index contributed by atoms with van der Waals surface area (Å²) >= 11 is 0.822. The molecule has 0 bridgehead atoms. The van der Waals surface area contributed by atoms with Gasteiger partial charge in [0.25, 0.3) is 11.1 Å². The number of likely N-dealkylation sites (tertiary alicyclic amines) is 1. The number of imide groups is 1. The zero-order valence-electron chi connectivity index (χ0n) is 16.1. The molecule has 4 rings (SSSR count). The standard InChI is InChI=1S/C20H22N2O6S/c1-26-14-10-16-15(27-12-28-16)8-13(14)9-17-19(24)22(20(25)29-17)11-18(23)21-6-4-2-3-5-7-21/h8-10H,2-7,11-12H2,1H3. The van der Waals surface area contributed by atoms with E-state index in [0.29, 0.717) is 35.9 Å². The number of hydrogen-bond donors (Lipinski definition) is 0. The van der Waals surface area contributed by atoms with Gasteiger partial charge in [-0.2, -0.15) is 0 Å². The molecule has 9 heteroatoms. The fourth-order valence-corrected chi connectivity index (χ4v) is 4.39. The number of nitrogens with zero attached hydrogens (tertiary/aromatic N) is 2. The maximum Gasteiger partial charge on any atom is 0.294 e. The van der Waals surface area contributed by atoms with Crippen LogP contribution in [0.15, 0.2) is 17.0 Å². The molecular formula is C20H22N2O6S. The fourth-order valence-electron chi connectivity index (χ4n) is 3.56. The Morgan fingerprint density at radius 1 is 1.14 bits per heavy atom. The van der Waals surface area contributed by atoms with Crippen molar-refractivity contribution in [2.45, 2.75) is 25.7 Å². The minimum absolute atomic E-state index is 0.122. The van der Waals surface area contributed by atoms with Crippen LogP contribution in [0.3, 0.4) is 0 Å². The molecule has 0 spiro atoms. The van der Waals surface area contributed by atoms with E-state index in [1.165, 1.54) is 7.11 Å². The van der Waals surface area contributed by atoms with Gasteiger partial charge in [-0.05, 0) is 36.7 Å². The van der Waals surface area contributed by atoms with E-state index in [2.05, 4.69) is 0 Å². The number of benzene rings is 1. The van der Waals surface area contributed by atoms with Crippen molar-refractivity contribution in [3.63, 3.8) is 0 Å². The minimum Gasteiger partial charge on any atom is -0.496 e. The molecular weight excluding hydrogens is 396 g/mol. The Morgan fingerprint density at radius 3 is 2.52 bits per heavy atom. The van der Waals surface area contributed by atoms with E-state index in [1.54, 1.807) is 23.1 Å². The number of rotatable bonds is 4. The van der Waals surface area contributed by atoms with Crippen LogP contribution in [0.1, 0.15) is 31.2 Å². The molecule has 0 aliphatic carbocycles. The normalized spacial score (nSPS) is 20.4. The van der Waals surface area contributed by atoms with Crippen molar-refractivity contribution in [3.8, 4) is 17.2 Å². The van der Waals surface area contributed by atoms with Crippen molar-refractivity contribution in [2.75, 3.05) is 33.5 Å². The highest BCUT2D eigenvalue weighted by molar-refractivity contribution is 8.18. The first kappa shape index (κ1) is 19.6. The highest BCUT2D eigenvalue weighted by atomic mass is 32.2. The Labute approximate surface area is 172 Å². The van der Waals surface area contributed by atoms with Crippen LogP contribution in [0.2, 0.25) is 0 Å². The van der Waals surface area contributed by atoms with E-state index < -0.39 is 11.1 Å². The third kappa shape index (κ3) is 4.05. The number of ether oxygens (including phenoxy) is 3. The summed E-state index contributed by atoms with van der Waals surface area (Å²) in [6.07, 6.45) is 5.70. The van der Waals surface area contributed by atoms with E-state index >= 15 is 0 Å². The lowest BCUT2D eigenvalue weighted by molar-refractivity contribution is -0.135. The zero-order valence-corrected chi connectivity index (χ0v) is 17.0. The minimum atomic E-state index is -0.470. The number of carbonyl (C=O) groups is 3. The topological polar surface area (TPSA) is 85.4 Å². The molecule has 0 unspecified atom stereocenters. The molecule has 29 heavy (non-hydrogen) atoms. The molecule has 0 aromatic heterocycles. The van der Waals surface area contributed by atoms with Crippen LogP contribution in [0.4, 0.5) is 4.79 Å². The lowest BCUT2D eigenvalue weighted by atomic mass is 10.1. The predicted octanol–water partition coefficient (Wildman–Crippen LogP) is 2.86. The number of methoxy groups -OCH3 is 1. The van der Waals surface area contributed by atoms with E-state index in [0.717, 1.165) is 42.3 Å². The van der Waals surface area contributed by atoms with Crippen molar-refractivity contribution in [1.29, 1.82) is 0 Å². The van der Waals surface area contributed by atoms with Crippen molar-refractivity contribution >= 4 is 34.9 Å². The monoisotopic (exact) mass is 418 g/mol. The summed E-state index contributed by atoms with van der Waals surface area (Å²) < 4.78 is 16.1. The van der Waals surface area contributed by atoms with Crippen LogP contribution >= 0.6 is 11.8 Å². The molecule has 2 saturated heterocycles. The quantitative estimate of drug-likeness (QED) is 0.695. The van der Waals surface area contributed by atoms with Crippen LogP contribution in [0, 0.1) is 0 Å². The van der Waals surface area contributed by atoms with Gasteiger partial charge in [-0.15, -0.1) is 0 Å². The molecule has 0 N–H and O–H groups in total. The number of amides is 3. The first-order valence-corrected chi connectivity index (χ1v) is 10.4. The van der Waals surface area contributed by atoms with Gasteiger partial charge in [-0.1, -0.05) is 12.8 Å². The van der Waals surface area contributed by atoms with Gasteiger partial charge in [-0.3, -0.25) is 19.3 Å². The molecule has 3 heterocycles. The predicted molar refractivity (Wildman–Crippen MR) is 107 cm³/mol. The van der Waals surface area contributed by atoms with Crippen LogP contribution in [-0.4, -0.2) is 60.4 Å². The lowest BCUT2D eigenvalue weighted by Gasteiger charge is -2.22. The van der Waals surface area contributed by atoms with Gasteiger partial charge < -0.3 is 19.1 Å². The van der Waals surface area contributed by atoms with E-state index in [-0.39, 0.29) is 24.2 Å². The first-order chi connectivity index (χ1) is 14.1. The highest BCUT2D eigenvalue weighted by Gasteiger charge is 2.37. The van der Waals surface area contributed by atoms with Crippen molar-refractivity contribution in [3.05, 3.63) is 22.6 Å². The summed E-state index contributed by atoms with van der Waals surface area (Å²) in [5.41, 5.74) is 0.598. The number of thioether (sulfide) groups is 1. The summed E-state index contributed by atoms with van der Waals surface area (Å²) in [4.78, 5) is 40.8. The molecule has 8 nitrogen and oxygen atoms in total. The molecule has 154 valence electrons. The second-order valence-corrected chi connectivity index (χ2v) is 8.00. The van der Waals surface area contributed by atoms with Gasteiger partial charge >= 0.3 is 0 Å². The molecule has 0 atom stereocenters. The van der Waals surface area contributed by atoms with Crippen LogP contribution in [-0.2, 0) is 9.59 Å². The van der Waals surface area contributed by atoms with Gasteiger partial charge in [0.2, 0.25) is 12.7 Å². The Morgan fingerprint density at radius 2 is 1.83 bits per heavy atom. The number of fused-ring (bicyclic) bond motifs is 1. The van der Waals surface area contributed by atoms with Gasteiger partial charge in [0.1, 0.15) is 12.3 Å². The molecule has 3 aliphatic heterocycles. The smallest absolute Gasteiger partial charge is 0.294 e. The average Bonchev–Trinajstić information content (AvgIpc) is 3.13. The lowest BCUT2D eigenvalue weighted by Crippen LogP contribution is -2.42. The summed E-state index contributed by atoms with van der Waals surface area (Å²) in [6.45, 7) is 1.26.